The summed E-state index contributed by atoms with van der Waals surface area (Å²) in [6.07, 6.45) is 25.2. The summed E-state index contributed by atoms with van der Waals surface area (Å²) in [6.45, 7) is 4.24. The van der Waals surface area contributed by atoms with Crippen LogP contribution in [0.1, 0.15) is 115 Å². The largest absolute Gasteiger partial charge is 1.00 e. The molecule has 3 heterocycles. The van der Waals surface area contributed by atoms with Gasteiger partial charge in [0.25, 0.3) is 0 Å². The lowest BCUT2D eigenvalue weighted by atomic mass is 9.95. The zero-order valence-electron chi connectivity index (χ0n) is 26.6. The molecule has 1 aromatic heterocycles. The molecule has 0 saturated carbocycles. The highest BCUT2D eigenvalue weighted by molar-refractivity contribution is 5.91. The van der Waals surface area contributed by atoms with Crippen LogP contribution in [0.15, 0.2) is 36.5 Å². The Morgan fingerprint density at radius 3 is 1.98 bits per heavy atom. The van der Waals surface area contributed by atoms with Crippen molar-refractivity contribution in [2.75, 3.05) is 20.5 Å². The molecule has 2 aromatic carbocycles. The highest BCUT2D eigenvalue weighted by Gasteiger charge is 2.28. The molecule has 0 bridgehead atoms. The monoisotopic (exact) mass is 653 g/mol. The molecule has 0 radical (unpaired) electrons. The second kappa shape index (κ2) is 17.7. The molecule has 0 spiro atoms. The van der Waals surface area contributed by atoms with Crippen LogP contribution < -0.4 is 40.5 Å². The molecule has 5 nitrogen and oxygen atoms in total. The Morgan fingerprint density at radius 2 is 1.35 bits per heavy atom. The lowest BCUT2D eigenvalue weighted by Crippen LogP contribution is -3.00. The van der Waals surface area contributed by atoms with Gasteiger partial charge in [0.2, 0.25) is 12.5 Å². The zero-order valence-corrected chi connectivity index (χ0v) is 28.2. The molecule has 0 aliphatic carbocycles. The number of rotatable bonds is 19. The third-order valence-electron chi connectivity index (χ3n) is 9.04. The predicted molar refractivity (Wildman–Crippen MR) is 171 cm³/mol. The summed E-state index contributed by atoms with van der Waals surface area (Å²) in [6, 6.07) is 10.7. The molecule has 236 valence electrons. The molecule has 2 aliphatic rings. The third kappa shape index (κ3) is 9.03. The maximum absolute atomic E-state index is 6.41. The van der Waals surface area contributed by atoms with E-state index in [0.717, 1.165) is 59.8 Å². The average Bonchev–Trinajstić information content (AvgIpc) is 3.48. The fourth-order valence-electron chi connectivity index (χ4n) is 6.53. The Balaban J connectivity index is 0.00000423. The van der Waals surface area contributed by atoms with Gasteiger partial charge >= 0.3 is 0 Å². The lowest BCUT2D eigenvalue weighted by Gasteiger charge is -2.18. The first-order valence-electron chi connectivity index (χ1n) is 16.9. The number of benzene rings is 2. The molecule has 2 aliphatic heterocycles. The van der Waals surface area contributed by atoms with Crippen LogP contribution in [0.4, 0.5) is 0 Å². The van der Waals surface area contributed by atoms with Gasteiger partial charge in [0.15, 0.2) is 35.7 Å². The van der Waals surface area contributed by atoms with Gasteiger partial charge in [-0.05, 0) is 41.6 Å². The van der Waals surface area contributed by atoms with E-state index in [-0.39, 0.29) is 17.0 Å². The van der Waals surface area contributed by atoms with E-state index in [1.165, 1.54) is 113 Å². The topological polar surface area (TPSA) is 40.8 Å². The fraction of sp³-hybridized carbons (Fsp3) is 0.595. The number of aromatic nitrogens is 1. The van der Waals surface area contributed by atoms with E-state index >= 15 is 0 Å². The first-order valence-corrected chi connectivity index (χ1v) is 16.9. The van der Waals surface area contributed by atoms with E-state index < -0.39 is 0 Å². The molecule has 5 rings (SSSR count). The van der Waals surface area contributed by atoms with Crippen molar-refractivity contribution < 1.29 is 40.5 Å². The Hall–Kier alpha value is -2.47. The minimum absolute atomic E-state index is 0. The number of hydrogen-bond acceptors (Lipinski definition) is 4. The number of pyridine rings is 1. The Bertz CT molecular complexity index is 1290. The lowest BCUT2D eigenvalue weighted by molar-refractivity contribution is -0.686. The number of hydrogen-bond donors (Lipinski definition) is 0. The summed E-state index contributed by atoms with van der Waals surface area (Å²) in [7, 11) is 1.73. The van der Waals surface area contributed by atoms with Crippen molar-refractivity contribution in [3.8, 4) is 34.3 Å². The minimum Gasteiger partial charge on any atom is -1.00 e. The summed E-state index contributed by atoms with van der Waals surface area (Å²) in [5.74, 6) is 3.36. The fourth-order valence-corrected chi connectivity index (χ4v) is 6.53. The van der Waals surface area contributed by atoms with Crippen molar-refractivity contribution in [3.05, 3.63) is 42.1 Å². The van der Waals surface area contributed by atoms with Crippen LogP contribution in [0.3, 0.4) is 0 Å². The first kappa shape index (κ1) is 33.4. The molecule has 0 N–H and O–H groups in total. The van der Waals surface area contributed by atoms with Crippen LogP contribution in [0.5, 0.6) is 23.0 Å². The van der Waals surface area contributed by atoms with Gasteiger partial charge in [-0.25, -0.2) is 0 Å². The SMILES string of the molecule is CCCCCCCCCCCCCCCCCCOc1c(OC)ccc2cc3[n+](cc12)CCc1cc2c(cc1-3)OCO2.[Br-]. The minimum atomic E-state index is 0. The Morgan fingerprint density at radius 1 is 0.744 bits per heavy atom. The summed E-state index contributed by atoms with van der Waals surface area (Å²) < 4.78 is 25.8. The van der Waals surface area contributed by atoms with Crippen molar-refractivity contribution in [2.45, 2.75) is 123 Å². The second-order valence-electron chi connectivity index (χ2n) is 12.2. The smallest absolute Gasteiger partial charge is 0.231 e. The molecular weight excluding hydrogens is 602 g/mol. The van der Waals surface area contributed by atoms with Gasteiger partial charge in [-0.2, -0.15) is 4.57 Å². The molecule has 3 aromatic rings. The van der Waals surface area contributed by atoms with Crippen molar-refractivity contribution >= 4 is 10.8 Å². The van der Waals surface area contributed by atoms with E-state index in [1.807, 2.05) is 6.07 Å². The van der Waals surface area contributed by atoms with Gasteiger partial charge in [0.1, 0.15) is 0 Å². The molecular formula is C37H52BrNO4. The van der Waals surface area contributed by atoms with Crippen LogP contribution in [0.2, 0.25) is 0 Å². The van der Waals surface area contributed by atoms with Crippen molar-refractivity contribution in [2.24, 2.45) is 0 Å². The van der Waals surface area contributed by atoms with E-state index in [4.69, 9.17) is 18.9 Å². The highest BCUT2D eigenvalue weighted by Crippen LogP contribution is 2.41. The quantitative estimate of drug-likeness (QED) is 0.106. The van der Waals surface area contributed by atoms with Crippen LogP contribution in [0, 0.1) is 0 Å². The number of aryl methyl sites for hydroxylation is 2. The molecule has 0 fully saturated rings. The normalized spacial score (nSPS) is 13.0. The number of halogens is 1. The standard InChI is InChI=1S/C37H52NO4.BrH/c1-3-4-5-6-7-8-9-10-11-12-13-14-15-16-17-18-23-40-37-32-27-38-22-21-30-25-35-36(42-28-41-35)26-31(30)33(38)24-29(32)19-20-34(37)39-2;/h19-20,24-27H,3-18,21-23,28H2,1-2H3;1H/q+1;/p-1. The maximum atomic E-state index is 6.41. The third-order valence-corrected chi connectivity index (χ3v) is 9.04. The van der Waals surface area contributed by atoms with Crippen molar-refractivity contribution in [1.82, 2.24) is 0 Å². The molecule has 6 heteroatoms. The summed E-state index contributed by atoms with van der Waals surface area (Å²) >= 11 is 0. The number of nitrogens with zero attached hydrogens (tertiary/aromatic N) is 1. The van der Waals surface area contributed by atoms with E-state index in [2.05, 4.69) is 42.0 Å². The van der Waals surface area contributed by atoms with Gasteiger partial charge in [-0.3, -0.25) is 0 Å². The van der Waals surface area contributed by atoms with Crippen LogP contribution in [0.25, 0.3) is 22.0 Å². The number of ether oxygens (including phenoxy) is 4. The molecule has 0 unspecified atom stereocenters. The van der Waals surface area contributed by atoms with Crippen LogP contribution in [-0.2, 0) is 13.0 Å². The molecule has 0 amide bonds. The molecule has 0 saturated heterocycles. The van der Waals surface area contributed by atoms with Crippen molar-refractivity contribution in [3.63, 3.8) is 0 Å². The van der Waals surface area contributed by atoms with Crippen LogP contribution >= 0.6 is 0 Å². The first-order chi connectivity index (χ1) is 20.8. The summed E-state index contributed by atoms with van der Waals surface area (Å²) in [4.78, 5) is 0. The zero-order chi connectivity index (χ0) is 29.0. The summed E-state index contributed by atoms with van der Waals surface area (Å²) in [5.41, 5.74) is 3.74. The van der Waals surface area contributed by atoms with Gasteiger partial charge in [0.05, 0.1) is 24.7 Å². The van der Waals surface area contributed by atoms with E-state index in [9.17, 15) is 0 Å². The molecule has 0 atom stereocenters. The number of unbranched alkanes of at least 4 members (excludes halogenated alkanes) is 15. The number of fused-ring (bicyclic) bond motifs is 5. The molecule has 43 heavy (non-hydrogen) atoms. The van der Waals surface area contributed by atoms with Crippen molar-refractivity contribution in [1.29, 1.82) is 0 Å². The Kier molecular flexibility index (Phi) is 13.8. The predicted octanol–water partition coefficient (Wildman–Crippen LogP) is 6.73. The maximum Gasteiger partial charge on any atom is 0.231 e. The number of methoxy groups -OCH3 is 1. The van der Waals surface area contributed by atoms with Crippen LogP contribution in [-0.4, -0.2) is 20.5 Å². The van der Waals surface area contributed by atoms with Gasteiger partial charge < -0.3 is 35.9 Å². The van der Waals surface area contributed by atoms with E-state index in [0.29, 0.717) is 6.79 Å². The van der Waals surface area contributed by atoms with E-state index in [1.54, 1.807) is 7.11 Å². The second-order valence-corrected chi connectivity index (χ2v) is 12.2. The van der Waals surface area contributed by atoms with Gasteiger partial charge in [-0.1, -0.05) is 103 Å². The highest BCUT2D eigenvalue weighted by atomic mass is 79.9. The Labute approximate surface area is 270 Å². The van der Waals surface area contributed by atoms with Gasteiger partial charge in [-0.15, -0.1) is 0 Å². The summed E-state index contributed by atoms with van der Waals surface area (Å²) in [5, 5.41) is 2.27. The average molecular weight is 655 g/mol. The van der Waals surface area contributed by atoms with Gasteiger partial charge in [0, 0.05) is 12.5 Å².